The van der Waals surface area contributed by atoms with Crippen molar-refractivity contribution >= 4 is 17.4 Å². The van der Waals surface area contributed by atoms with E-state index >= 15 is 0 Å². The number of methoxy groups -OCH3 is 1. The molecule has 1 N–H and O–H groups in total. The lowest BCUT2D eigenvalue weighted by atomic mass is 10.1. The van der Waals surface area contributed by atoms with Crippen LogP contribution in [-0.4, -0.2) is 25.4 Å². The van der Waals surface area contributed by atoms with Crippen LogP contribution >= 0.6 is 0 Å². The van der Waals surface area contributed by atoms with Crippen molar-refractivity contribution in [2.45, 2.75) is 19.8 Å². The van der Waals surface area contributed by atoms with Crippen molar-refractivity contribution in [1.29, 1.82) is 0 Å². The largest absolute Gasteiger partial charge is 0.493 e. The molecule has 1 amide bonds. The Labute approximate surface area is 141 Å². The average Bonchev–Trinajstić information content (AvgIpc) is 2.59. The highest BCUT2D eigenvalue weighted by Gasteiger charge is 2.06. The summed E-state index contributed by atoms with van der Waals surface area (Å²) in [5.41, 5.74) is 1.20. The highest BCUT2D eigenvalue weighted by atomic mass is 16.5. The molecule has 0 atom stereocenters. The molecule has 0 aromatic heterocycles. The Morgan fingerprint density at radius 3 is 2.50 bits per heavy atom. The molecule has 0 fully saturated rings. The highest BCUT2D eigenvalue weighted by molar-refractivity contribution is 5.97. The Morgan fingerprint density at radius 1 is 1.04 bits per heavy atom. The lowest BCUT2D eigenvalue weighted by Gasteiger charge is -2.10. The second kappa shape index (κ2) is 8.72. The van der Waals surface area contributed by atoms with Gasteiger partial charge in [-0.05, 0) is 37.6 Å². The van der Waals surface area contributed by atoms with Gasteiger partial charge in [0.05, 0.1) is 13.7 Å². The van der Waals surface area contributed by atoms with E-state index in [2.05, 4.69) is 5.32 Å². The average molecular weight is 327 g/mol. The SMILES string of the molecule is COc1ccccc1OCCCC(=O)Nc1cccc(C(C)=O)c1. The van der Waals surface area contributed by atoms with E-state index in [9.17, 15) is 9.59 Å². The second-order valence-corrected chi connectivity index (χ2v) is 5.29. The summed E-state index contributed by atoms with van der Waals surface area (Å²) >= 11 is 0. The number of carbonyl (C=O) groups excluding carboxylic acids is 2. The summed E-state index contributed by atoms with van der Waals surface area (Å²) in [5, 5.41) is 2.79. The van der Waals surface area contributed by atoms with Crippen LogP contribution in [0.15, 0.2) is 48.5 Å². The van der Waals surface area contributed by atoms with Crippen molar-refractivity contribution in [3.63, 3.8) is 0 Å². The first-order chi connectivity index (χ1) is 11.6. The molecular formula is C19H21NO4. The number of hydrogen-bond acceptors (Lipinski definition) is 4. The monoisotopic (exact) mass is 327 g/mol. The molecule has 2 aromatic rings. The van der Waals surface area contributed by atoms with Crippen molar-refractivity contribution in [1.82, 2.24) is 0 Å². The fourth-order valence-electron chi connectivity index (χ4n) is 2.19. The third-order valence-electron chi connectivity index (χ3n) is 3.43. The quantitative estimate of drug-likeness (QED) is 0.593. The zero-order valence-electron chi connectivity index (χ0n) is 13.9. The number of anilines is 1. The molecule has 0 unspecified atom stereocenters. The molecule has 2 aromatic carbocycles. The molecule has 5 heteroatoms. The van der Waals surface area contributed by atoms with Crippen LogP contribution in [0.3, 0.4) is 0 Å². The van der Waals surface area contributed by atoms with Gasteiger partial charge in [0.25, 0.3) is 0 Å². The maximum Gasteiger partial charge on any atom is 0.224 e. The van der Waals surface area contributed by atoms with E-state index in [1.807, 2.05) is 24.3 Å². The number of nitrogens with one attached hydrogen (secondary N) is 1. The van der Waals surface area contributed by atoms with Gasteiger partial charge in [-0.1, -0.05) is 24.3 Å². The van der Waals surface area contributed by atoms with Gasteiger partial charge in [-0.3, -0.25) is 9.59 Å². The first kappa shape index (κ1) is 17.5. The minimum Gasteiger partial charge on any atom is -0.493 e. The number of benzene rings is 2. The summed E-state index contributed by atoms with van der Waals surface area (Å²) in [4.78, 5) is 23.3. The third kappa shape index (κ3) is 5.12. The topological polar surface area (TPSA) is 64.6 Å². The second-order valence-electron chi connectivity index (χ2n) is 5.29. The van der Waals surface area contributed by atoms with E-state index in [1.165, 1.54) is 6.92 Å². The minimum atomic E-state index is -0.112. The van der Waals surface area contributed by atoms with E-state index in [0.29, 0.717) is 42.2 Å². The van der Waals surface area contributed by atoms with Crippen LogP contribution in [-0.2, 0) is 4.79 Å². The lowest BCUT2D eigenvalue weighted by Crippen LogP contribution is -2.13. The Kier molecular flexibility index (Phi) is 6.37. The number of ketones is 1. The molecule has 126 valence electrons. The van der Waals surface area contributed by atoms with Gasteiger partial charge >= 0.3 is 0 Å². The van der Waals surface area contributed by atoms with Crippen molar-refractivity contribution in [2.75, 3.05) is 19.0 Å². The Morgan fingerprint density at radius 2 is 1.79 bits per heavy atom. The van der Waals surface area contributed by atoms with Gasteiger partial charge < -0.3 is 14.8 Å². The van der Waals surface area contributed by atoms with Gasteiger partial charge in [0.1, 0.15) is 0 Å². The van der Waals surface area contributed by atoms with E-state index in [1.54, 1.807) is 31.4 Å². The molecule has 0 saturated carbocycles. The summed E-state index contributed by atoms with van der Waals surface area (Å²) in [6.45, 7) is 1.91. The molecule has 0 aliphatic heterocycles. The lowest BCUT2D eigenvalue weighted by molar-refractivity contribution is -0.116. The summed E-state index contributed by atoms with van der Waals surface area (Å²) in [5.74, 6) is 1.19. The van der Waals surface area contributed by atoms with E-state index in [4.69, 9.17) is 9.47 Å². The number of hydrogen-bond donors (Lipinski definition) is 1. The predicted molar refractivity (Wildman–Crippen MR) is 92.8 cm³/mol. The summed E-state index contributed by atoms with van der Waals surface area (Å²) < 4.78 is 10.8. The van der Waals surface area contributed by atoms with Crippen molar-refractivity contribution in [3.8, 4) is 11.5 Å². The number of ether oxygens (including phenoxy) is 2. The van der Waals surface area contributed by atoms with Crippen LogP contribution in [0.25, 0.3) is 0 Å². The molecule has 0 radical (unpaired) electrons. The van der Waals surface area contributed by atoms with Crippen molar-refractivity contribution < 1.29 is 19.1 Å². The summed E-state index contributed by atoms with van der Waals surface area (Å²) in [6.07, 6.45) is 0.912. The fourth-order valence-corrected chi connectivity index (χ4v) is 2.19. The smallest absolute Gasteiger partial charge is 0.224 e. The zero-order chi connectivity index (χ0) is 17.4. The highest BCUT2D eigenvalue weighted by Crippen LogP contribution is 2.25. The molecule has 24 heavy (non-hydrogen) atoms. The van der Waals surface area contributed by atoms with E-state index in [-0.39, 0.29) is 11.7 Å². The maximum absolute atomic E-state index is 12.0. The van der Waals surface area contributed by atoms with Crippen molar-refractivity contribution in [3.05, 3.63) is 54.1 Å². The standard InChI is InChI=1S/C19H21NO4/c1-14(21)15-7-5-8-16(13-15)20-19(22)11-6-12-24-18-10-4-3-9-17(18)23-2/h3-5,7-10,13H,6,11-12H2,1-2H3,(H,20,22). The van der Waals surface area contributed by atoms with Crippen LogP contribution in [0.5, 0.6) is 11.5 Å². The Hall–Kier alpha value is -2.82. The van der Waals surface area contributed by atoms with Gasteiger partial charge in [0.15, 0.2) is 17.3 Å². The van der Waals surface area contributed by atoms with Crippen LogP contribution in [0.1, 0.15) is 30.1 Å². The molecular weight excluding hydrogens is 306 g/mol. The number of amides is 1. The van der Waals surface area contributed by atoms with Gasteiger partial charge in [-0.2, -0.15) is 0 Å². The Bertz CT molecular complexity index is 712. The van der Waals surface area contributed by atoms with E-state index in [0.717, 1.165) is 0 Å². The van der Waals surface area contributed by atoms with E-state index < -0.39 is 0 Å². The molecule has 0 spiro atoms. The number of rotatable bonds is 8. The first-order valence-corrected chi connectivity index (χ1v) is 7.77. The van der Waals surface area contributed by atoms with Crippen LogP contribution < -0.4 is 14.8 Å². The Balaban J connectivity index is 1.77. The van der Waals surface area contributed by atoms with Gasteiger partial charge in [0.2, 0.25) is 5.91 Å². The molecule has 0 aliphatic rings. The molecule has 0 aliphatic carbocycles. The number of para-hydroxylation sites is 2. The van der Waals surface area contributed by atoms with Crippen LogP contribution in [0.2, 0.25) is 0 Å². The molecule has 5 nitrogen and oxygen atoms in total. The summed E-state index contributed by atoms with van der Waals surface area (Å²) in [7, 11) is 1.59. The number of Topliss-reactive ketones (excluding diaryl/α,β-unsaturated/α-hetero) is 1. The predicted octanol–water partition coefficient (Wildman–Crippen LogP) is 3.70. The van der Waals surface area contributed by atoms with Crippen LogP contribution in [0.4, 0.5) is 5.69 Å². The fraction of sp³-hybridized carbons (Fsp3) is 0.263. The van der Waals surface area contributed by atoms with Crippen LogP contribution in [0, 0.1) is 0 Å². The molecule has 0 saturated heterocycles. The van der Waals surface area contributed by atoms with Gasteiger partial charge in [0, 0.05) is 17.7 Å². The van der Waals surface area contributed by atoms with Gasteiger partial charge in [-0.25, -0.2) is 0 Å². The molecule has 0 bridgehead atoms. The zero-order valence-corrected chi connectivity index (χ0v) is 13.9. The first-order valence-electron chi connectivity index (χ1n) is 7.77. The molecule has 2 rings (SSSR count). The third-order valence-corrected chi connectivity index (χ3v) is 3.43. The van der Waals surface area contributed by atoms with Gasteiger partial charge in [-0.15, -0.1) is 0 Å². The van der Waals surface area contributed by atoms with Crippen molar-refractivity contribution in [2.24, 2.45) is 0 Å². The number of carbonyl (C=O) groups is 2. The normalized spacial score (nSPS) is 10.1. The molecule has 0 heterocycles. The summed E-state index contributed by atoms with van der Waals surface area (Å²) in [6, 6.07) is 14.3. The maximum atomic E-state index is 12.0. The minimum absolute atomic E-state index is 0.0312.